The van der Waals surface area contributed by atoms with Crippen LogP contribution >= 0.6 is 0 Å². The summed E-state index contributed by atoms with van der Waals surface area (Å²) in [6.07, 6.45) is 5.41. The number of amides is 1. The van der Waals surface area contributed by atoms with Gasteiger partial charge in [-0.15, -0.1) is 0 Å². The summed E-state index contributed by atoms with van der Waals surface area (Å²) in [7, 11) is 0. The maximum Gasteiger partial charge on any atom is 0.410 e. The zero-order chi connectivity index (χ0) is 18.0. The maximum absolute atomic E-state index is 12.2. The Bertz CT molecular complexity index is 355. The topological polar surface area (TPSA) is 50.8 Å². The quantitative estimate of drug-likeness (QED) is 0.647. The number of hydrogen-bond donors (Lipinski definition) is 1. The van der Waals surface area contributed by atoms with E-state index < -0.39 is 5.60 Å². The number of unbranched alkanes of at least 4 members (excludes halogenated alkanes) is 1. The summed E-state index contributed by atoms with van der Waals surface area (Å²) >= 11 is 0. The molecule has 142 valence electrons. The first-order chi connectivity index (χ1) is 11.3. The van der Waals surface area contributed by atoms with Crippen molar-refractivity contribution in [1.82, 2.24) is 10.2 Å². The maximum atomic E-state index is 12.2. The molecule has 0 spiro atoms. The summed E-state index contributed by atoms with van der Waals surface area (Å²) in [5.41, 5.74) is -0.425. The van der Waals surface area contributed by atoms with Crippen LogP contribution in [0.25, 0.3) is 0 Å². The Hall–Kier alpha value is -0.810. The fourth-order valence-corrected chi connectivity index (χ4v) is 2.93. The molecule has 0 bridgehead atoms. The Morgan fingerprint density at radius 2 is 2.00 bits per heavy atom. The number of rotatable bonds is 9. The van der Waals surface area contributed by atoms with Gasteiger partial charge in [0, 0.05) is 32.3 Å². The number of hydrogen-bond acceptors (Lipinski definition) is 4. The molecule has 1 fully saturated rings. The molecule has 2 atom stereocenters. The average Bonchev–Trinajstić information content (AvgIpc) is 2.52. The van der Waals surface area contributed by atoms with E-state index in [1.807, 2.05) is 25.7 Å². The molecule has 2 unspecified atom stereocenters. The molecule has 0 radical (unpaired) electrons. The Morgan fingerprint density at radius 1 is 1.29 bits per heavy atom. The highest BCUT2D eigenvalue weighted by Crippen LogP contribution is 2.21. The second kappa shape index (κ2) is 10.9. The number of carbonyl (C=O) groups is 1. The van der Waals surface area contributed by atoms with E-state index >= 15 is 0 Å². The van der Waals surface area contributed by atoms with Crippen LogP contribution in [0.3, 0.4) is 0 Å². The van der Waals surface area contributed by atoms with Crippen molar-refractivity contribution < 1.29 is 14.3 Å². The molecule has 0 aromatic heterocycles. The SMILES string of the molecule is CCCCOCCCNC(C)C1CCCN(C(=O)OC(C)(C)C)C1. The second-order valence-electron chi connectivity index (χ2n) is 7.89. The fraction of sp³-hybridized carbons (Fsp3) is 0.947. The monoisotopic (exact) mass is 342 g/mol. The number of piperidine rings is 1. The molecule has 24 heavy (non-hydrogen) atoms. The van der Waals surface area contributed by atoms with Crippen molar-refractivity contribution in [3.63, 3.8) is 0 Å². The van der Waals surface area contributed by atoms with Gasteiger partial charge < -0.3 is 19.7 Å². The number of nitrogens with zero attached hydrogens (tertiary/aromatic N) is 1. The van der Waals surface area contributed by atoms with Crippen molar-refractivity contribution in [2.45, 2.75) is 78.4 Å². The molecule has 0 aliphatic carbocycles. The van der Waals surface area contributed by atoms with Crippen LogP contribution < -0.4 is 5.32 Å². The van der Waals surface area contributed by atoms with Crippen LogP contribution in [-0.2, 0) is 9.47 Å². The highest BCUT2D eigenvalue weighted by Gasteiger charge is 2.29. The minimum absolute atomic E-state index is 0.177. The molecule has 1 saturated heterocycles. The Labute approximate surface area is 148 Å². The van der Waals surface area contributed by atoms with Gasteiger partial charge >= 0.3 is 6.09 Å². The van der Waals surface area contributed by atoms with E-state index in [1.165, 1.54) is 12.8 Å². The third kappa shape index (κ3) is 8.88. The van der Waals surface area contributed by atoms with Crippen molar-refractivity contribution in [1.29, 1.82) is 0 Å². The summed E-state index contributed by atoms with van der Waals surface area (Å²) < 4.78 is 11.1. The van der Waals surface area contributed by atoms with E-state index in [9.17, 15) is 4.79 Å². The average molecular weight is 343 g/mol. The number of ether oxygens (including phenoxy) is 2. The van der Waals surface area contributed by atoms with Crippen molar-refractivity contribution in [3.8, 4) is 0 Å². The van der Waals surface area contributed by atoms with Gasteiger partial charge in [-0.05, 0) is 65.8 Å². The van der Waals surface area contributed by atoms with E-state index in [-0.39, 0.29) is 6.09 Å². The van der Waals surface area contributed by atoms with Gasteiger partial charge in [0.25, 0.3) is 0 Å². The first-order valence-electron chi connectivity index (χ1n) is 9.62. The lowest BCUT2D eigenvalue weighted by molar-refractivity contribution is 0.0148. The van der Waals surface area contributed by atoms with Crippen LogP contribution in [0.1, 0.15) is 66.7 Å². The standard InChI is InChI=1S/C19H38N2O3/c1-6-7-13-23-14-9-11-20-16(2)17-10-8-12-21(15-17)18(22)24-19(3,4)5/h16-17,20H,6-15H2,1-5H3. The summed E-state index contributed by atoms with van der Waals surface area (Å²) in [6, 6.07) is 0.408. The second-order valence-corrected chi connectivity index (χ2v) is 7.89. The highest BCUT2D eigenvalue weighted by atomic mass is 16.6. The van der Waals surface area contributed by atoms with Crippen LogP contribution in [0.2, 0.25) is 0 Å². The third-order valence-corrected chi connectivity index (χ3v) is 4.39. The van der Waals surface area contributed by atoms with Gasteiger partial charge in [0.1, 0.15) is 5.60 Å². The zero-order valence-corrected chi connectivity index (χ0v) is 16.4. The molecule has 1 heterocycles. The predicted molar refractivity (Wildman–Crippen MR) is 98.3 cm³/mol. The number of carbonyl (C=O) groups excluding carboxylic acids is 1. The van der Waals surface area contributed by atoms with Crippen molar-refractivity contribution in [2.24, 2.45) is 5.92 Å². The molecular weight excluding hydrogens is 304 g/mol. The summed E-state index contributed by atoms with van der Waals surface area (Å²) in [4.78, 5) is 14.1. The summed E-state index contributed by atoms with van der Waals surface area (Å²) in [5.74, 6) is 0.493. The minimum atomic E-state index is -0.425. The van der Waals surface area contributed by atoms with Gasteiger partial charge in [0.2, 0.25) is 0 Å². The van der Waals surface area contributed by atoms with E-state index in [2.05, 4.69) is 19.2 Å². The largest absolute Gasteiger partial charge is 0.444 e. The Morgan fingerprint density at radius 3 is 2.67 bits per heavy atom. The lowest BCUT2D eigenvalue weighted by Crippen LogP contribution is -2.48. The molecule has 1 aliphatic rings. The lowest BCUT2D eigenvalue weighted by Gasteiger charge is -2.36. The van der Waals surface area contributed by atoms with Crippen molar-refractivity contribution in [2.75, 3.05) is 32.8 Å². The van der Waals surface area contributed by atoms with E-state index in [0.717, 1.165) is 52.1 Å². The van der Waals surface area contributed by atoms with E-state index in [0.29, 0.717) is 12.0 Å². The molecule has 0 saturated carbocycles. The molecule has 0 aromatic carbocycles. The molecule has 5 heteroatoms. The van der Waals surface area contributed by atoms with Gasteiger partial charge in [-0.1, -0.05) is 13.3 Å². The van der Waals surface area contributed by atoms with Crippen LogP contribution in [0.4, 0.5) is 4.79 Å². The third-order valence-electron chi connectivity index (χ3n) is 4.39. The van der Waals surface area contributed by atoms with Crippen molar-refractivity contribution in [3.05, 3.63) is 0 Å². The molecular formula is C19H38N2O3. The normalized spacial score (nSPS) is 20.0. The molecule has 1 N–H and O–H groups in total. The highest BCUT2D eigenvalue weighted by molar-refractivity contribution is 5.68. The molecule has 1 amide bonds. The van der Waals surface area contributed by atoms with E-state index in [1.54, 1.807) is 0 Å². The smallest absolute Gasteiger partial charge is 0.410 e. The molecule has 1 aliphatic heterocycles. The van der Waals surface area contributed by atoms with Gasteiger partial charge in [0.05, 0.1) is 0 Å². The summed E-state index contributed by atoms with van der Waals surface area (Å²) in [6.45, 7) is 14.4. The fourth-order valence-electron chi connectivity index (χ4n) is 2.93. The molecule has 5 nitrogen and oxygen atoms in total. The minimum Gasteiger partial charge on any atom is -0.444 e. The van der Waals surface area contributed by atoms with Crippen LogP contribution in [0, 0.1) is 5.92 Å². The zero-order valence-electron chi connectivity index (χ0n) is 16.4. The number of nitrogens with one attached hydrogen (secondary N) is 1. The van der Waals surface area contributed by atoms with E-state index in [4.69, 9.17) is 9.47 Å². The van der Waals surface area contributed by atoms with Crippen LogP contribution in [0.15, 0.2) is 0 Å². The lowest BCUT2D eigenvalue weighted by atomic mass is 9.91. The first-order valence-corrected chi connectivity index (χ1v) is 9.62. The predicted octanol–water partition coefficient (Wildman–Crippen LogP) is 3.82. The number of likely N-dealkylation sites (tertiary alicyclic amines) is 1. The van der Waals surface area contributed by atoms with Gasteiger partial charge in [-0.25, -0.2) is 4.79 Å². The van der Waals surface area contributed by atoms with Gasteiger partial charge in [0.15, 0.2) is 0 Å². The van der Waals surface area contributed by atoms with Crippen LogP contribution in [-0.4, -0.2) is 55.5 Å². The van der Waals surface area contributed by atoms with Gasteiger partial charge in [-0.2, -0.15) is 0 Å². The van der Waals surface area contributed by atoms with Gasteiger partial charge in [-0.3, -0.25) is 0 Å². The Balaban J connectivity index is 2.24. The Kier molecular flexibility index (Phi) is 9.67. The summed E-state index contributed by atoms with van der Waals surface area (Å²) in [5, 5.41) is 3.59. The molecule has 0 aromatic rings. The van der Waals surface area contributed by atoms with Crippen molar-refractivity contribution >= 4 is 6.09 Å². The van der Waals surface area contributed by atoms with Crippen LogP contribution in [0.5, 0.6) is 0 Å². The first kappa shape index (κ1) is 21.2. The molecule has 1 rings (SSSR count).